The van der Waals surface area contributed by atoms with Crippen molar-refractivity contribution in [3.63, 3.8) is 0 Å². The Bertz CT molecular complexity index is 577. The SMILES string of the molecule is O=CC1OC1c1ccccc1-c1ccc(F)cc1. The van der Waals surface area contributed by atoms with Crippen molar-refractivity contribution in [1.82, 2.24) is 0 Å². The number of hydrogen-bond acceptors (Lipinski definition) is 2. The normalized spacial score (nSPS) is 21.6. The van der Waals surface area contributed by atoms with Crippen molar-refractivity contribution in [2.45, 2.75) is 12.2 Å². The summed E-state index contributed by atoms with van der Waals surface area (Å²) < 4.78 is 18.2. The van der Waals surface area contributed by atoms with Crippen LogP contribution in [0.4, 0.5) is 4.39 Å². The third-order valence-electron chi connectivity index (χ3n) is 3.08. The van der Waals surface area contributed by atoms with Gasteiger partial charge in [0, 0.05) is 0 Å². The first kappa shape index (κ1) is 11.1. The fourth-order valence-electron chi connectivity index (χ4n) is 2.12. The van der Waals surface area contributed by atoms with Gasteiger partial charge in [0.05, 0.1) is 0 Å². The molecule has 2 atom stereocenters. The van der Waals surface area contributed by atoms with Gasteiger partial charge in [-0.1, -0.05) is 36.4 Å². The second kappa shape index (κ2) is 4.35. The molecule has 2 aromatic carbocycles. The zero-order valence-corrected chi connectivity index (χ0v) is 9.55. The van der Waals surface area contributed by atoms with Crippen LogP contribution in [0.25, 0.3) is 11.1 Å². The Kier molecular flexibility index (Phi) is 2.68. The maximum atomic E-state index is 12.9. The number of halogens is 1. The van der Waals surface area contributed by atoms with Gasteiger partial charge in [-0.05, 0) is 28.8 Å². The van der Waals surface area contributed by atoms with E-state index in [0.717, 1.165) is 23.0 Å². The van der Waals surface area contributed by atoms with Crippen LogP contribution in [0, 0.1) is 5.82 Å². The summed E-state index contributed by atoms with van der Waals surface area (Å²) >= 11 is 0. The zero-order valence-electron chi connectivity index (χ0n) is 9.55. The minimum Gasteiger partial charge on any atom is -0.356 e. The molecule has 0 N–H and O–H groups in total. The topological polar surface area (TPSA) is 29.6 Å². The van der Waals surface area contributed by atoms with Crippen LogP contribution in [-0.4, -0.2) is 12.4 Å². The molecule has 3 heteroatoms. The second-order valence-corrected chi connectivity index (χ2v) is 4.25. The molecule has 1 saturated heterocycles. The van der Waals surface area contributed by atoms with Crippen molar-refractivity contribution in [2.24, 2.45) is 0 Å². The lowest BCUT2D eigenvalue weighted by Crippen LogP contribution is -1.92. The molecule has 1 heterocycles. The van der Waals surface area contributed by atoms with Gasteiger partial charge in [-0.25, -0.2) is 4.39 Å². The van der Waals surface area contributed by atoms with Crippen LogP contribution in [0.1, 0.15) is 11.7 Å². The lowest BCUT2D eigenvalue weighted by molar-refractivity contribution is -0.108. The number of carbonyl (C=O) groups is 1. The fourth-order valence-corrected chi connectivity index (χ4v) is 2.12. The summed E-state index contributed by atoms with van der Waals surface area (Å²) in [5.74, 6) is -0.260. The summed E-state index contributed by atoms with van der Waals surface area (Å²) in [4.78, 5) is 10.7. The Labute approximate surface area is 104 Å². The van der Waals surface area contributed by atoms with Gasteiger partial charge in [0.2, 0.25) is 0 Å². The van der Waals surface area contributed by atoms with Gasteiger partial charge in [0.15, 0.2) is 6.29 Å². The Balaban J connectivity index is 2.02. The predicted molar refractivity (Wildman–Crippen MR) is 65.5 cm³/mol. The highest BCUT2D eigenvalue weighted by atomic mass is 19.1. The summed E-state index contributed by atoms with van der Waals surface area (Å²) in [6.45, 7) is 0. The van der Waals surface area contributed by atoms with Crippen molar-refractivity contribution in [3.05, 3.63) is 59.9 Å². The van der Waals surface area contributed by atoms with Crippen molar-refractivity contribution in [2.75, 3.05) is 0 Å². The Morgan fingerprint density at radius 3 is 2.44 bits per heavy atom. The highest BCUT2D eigenvalue weighted by molar-refractivity contribution is 5.71. The van der Waals surface area contributed by atoms with E-state index in [2.05, 4.69) is 0 Å². The van der Waals surface area contributed by atoms with Crippen LogP contribution in [-0.2, 0) is 9.53 Å². The first-order valence-electron chi connectivity index (χ1n) is 5.75. The highest BCUT2D eigenvalue weighted by Crippen LogP contribution is 2.41. The average Bonchev–Trinajstić information content (AvgIpc) is 3.19. The molecular weight excluding hydrogens is 231 g/mol. The summed E-state index contributed by atoms with van der Waals surface area (Å²) in [5.41, 5.74) is 2.88. The summed E-state index contributed by atoms with van der Waals surface area (Å²) in [7, 11) is 0. The number of hydrogen-bond donors (Lipinski definition) is 0. The molecule has 0 radical (unpaired) electrons. The number of benzene rings is 2. The minimum atomic E-state index is -0.341. The lowest BCUT2D eigenvalue weighted by atomic mass is 9.97. The molecule has 0 aliphatic carbocycles. The molecule has 18 heavy (non-hydrogen) atoms. The predicted octanol–water partition coefficient (Wildman–Crippen LogP) is 3.13. The number of rotatable bonds is 3. The molecule has 90 valence electrons. The smallest absolute Gasteiger partial charge is 0.151 e. The van der Waals surface area contributed by atoms with E-state index in [9.17, 15) is 9.18 Å². The molecule has 0 spiro atoms. The monoisotopic (exact) mass is 242 g/mol. The van der Waals surface area contributed by atoms with Crippen molar-refractivity contribution in [3.8, 4) is 11.1 Å². The van der Waals surface area contributed by atoms with E-state index in [-0.39, 0.29) is 18.0 Å². The van der Waals surface area contributed by atoms with Gasteiger partial charge in [-0.15, -0.1) is 0 Å². The molecule has 0 saturated carbocycles. The van der Waals surface area contributed by atoms with E-state index >= 15 is 0 Å². The van der Waals surface area contributed by atoms with Crippen molar-refractivity contribution >= 4 is 6.29 Å². The first-order valence-corrected chi connectivity index (χ1v) is 5.75. The third-order valence-corrected chi connectivity index (χ3v) is 3.08. The Morgan fingerprint density at radius 2 is 1.78 bits per heavy atom. The molecule has 2 nitrogen and oxygen atoms in total. The van der Waals surface area contributed by atoms with Crippen LogP contribution in [0.15, 0.2) is 48.5 Å². The molecular formula is C15H11FO2. The van der Waals surface area contributed by atoms with Gasteiger partial charge >= 0.3 is 0 Å². The van der Waals surface area contributed by atoms with Crippen molar-refractivity contribution < 1.29 is 13.9 Å². The second-order valence-electron chi connectivity index (χ2n) is 4.25. The zero-order chi connectivity index (χ0) is 12.5. The number of epoxide rings is 1. The van der Waals surface area contributed by atoms with Crippen LogP contribution in [0.3, 0.4) is 0 Å². The molecule has 1 aliphatic rings. The van der Waals surface area contributed by atoms with Gasteiger partial charge < -0.3 is 9.53 Å². The summed E-state index contributed by atoms with van der Waals surface area (Å²) in [6, 6.07) is 14.0. The summed E-state index contributed by atoms with van der Waals surface area (Å²) in [5, 5.41) is 0. The largest absolute Gasteiger partial charge is 0.356 e. The Hall–Kier alpha value is -2.00. The Morgan fingerprint density at radius 1 is 1.06 bits per heavy atom. The third kappa shape index (κ3) is 1.93. The summed E-state index contributed by atoms with van der Waals surface area (Å²) in [6.07, 6.45) is 0.307. The highest BCUT2D eigenvalue weighted by Gasteiger charge is 2.41. The average molecular weight is 242 g/mol. The van der Waals surface area contributed by atoms with Crippen LogP contribution in [0.5, 0.6) is 0 Å². The van der Waals surface area contributed by atoms with Crippen LogP contribution < -0.4 is 0 Å². The van der Waals surface area contributed by atoms with E-state index < -0.39 is 0 Å². The molecule has 2 unspecified atom stereocenters. The first-order chi connectivity index (χ1) is 8.79. The van der Waals surface area contributed by atoms with Gasteiger partial charge in [0.1, 0.15) is 18.0 Å². The van der Waals surface area contributed by atoms with Gasteiger partial charge in [-0.3, -0.25) is 0 Å². The van der Waals surface area contributed by atoms with Gasteiger partial charge in [0.25, 0.3) is 0 Å². The van der Waals surface area contributed by atoms with Crippen molar-refractivity contribution in [1.29, 1.82) is 0 Å². The maximum absolute atomic E-state index is 12.9. The lowest BCUT2D eigenvalue weighted by Gasteiger charge is -2.07. The molecule has 0 bridgehead atoms. The standard InChI is InChI=1S/C15H11FO2/c16-11-7-5-10(6-8-11)12-3-1-2-4-13(12)15-14(9-17)18-15/h1-9,14-15H. The van der Waals surface area contributed by atoms with E-state index in [0.29, 0.717) is 0 Å². The molecule has 1 fully saturated rings. The van der Waals surface area contributed by atoms with Crippen LogP contribution >= 0.6 is 0 Å². The molecule has 0 amide bonds. The van der Waals surface area contributed by atoms with E-state index in [4.69, 9.17) is 4.74 Å². The number of ether oxygens (including phenoxy) is 1. The molecule has 0 aromatic heterocycles. The maximum Gasteiger partial charge on any atom is 0.151 e. The number of aldehydes is 1. The van der Waals surface area contributed by atoms with E-state index in [1.54, 1.807) is 12.1 Å². The molecule has 3 rings (SSSR count). The quantitative estimate of drug-likeness (QED) is 0.611. The van der Waals surface area contributed by atoms with E-state index in [1.807, 2.05) is 24.3 Å². The van der Waals surface area contributed by atoms with Gasteiger partial charge in [-0.2, -0.15) is 0 Å². The molecule has 1 aliphatic heterocycles. The molecule has 2 aromatic rings. The minimum absolute atomic E-state index is 0.163. The van der Waals surface area contributed by atoms with Crippen LogP contribution in [0.2, 0.25) is 0 Å². The van der Waals surface area contributed by atoms with E-state index in [1.165, 1.54) is 12.1 Å². The fraction of sp³-hybridized carbons (Fsp3) is 0.133. The number of carbonyl (C=O) groups excluding carboxylic acids is 1.